The Bertz CT molecular complexity index is 625. The summed E-state index contributed by atoms with van der Waals surface area (Å²) in [7, 11) is 1.75. The number of aryl methyl sites for hydroxylation is 1. The standard InChI is InChI=1S/C15H14FNO2/c1-10-5-3-4-6-13(10)17(2)14-8-7-11(15(18)19)9-12(14)16/h3-9H,1-2H3,(H,18,19). The second-order valence-electron chi connectivity index (χ2n) is 4.32. The van der Waals surface area contributed by atoms with Crippen LogP contribution in [0, 0.1) is 12.7 Å². The molecule has 0 amide bonds. The van der Waals surface area contributed by atoms with Crippen molar-refractivity contribution in [2.45, 2.75) is 6.92 Å². The lowest BCUT2D eigenvalue weighted by atomic mass is 10.1. The van der Waals surface area contributed by atoms with Crippen LogP contribution in [0.1, 0.15) is 15.9 Å². The van der Waals surface area contributed by atoms with Crippen molar-refractivity contribution >= 4 is 17.3 Å². The minimum absolute atomic E-state index is 0.0561. The third-order valence-electron chi connectivity index (χ3n) is 3.03. The number of benzene rings is 2. The molecule has 0 unspecified atom stereocenters. The highest BCUT2D eigenvalue weighted by atomic mass is 19.1. The molecule has 0 heterocycles. The zero-order valence-corrected chi connectivity index (χ0v) is 10.7. The Morgan fingerprint density at radius 2 is 1.84 bits per heavy atom. The number of nitrogens with zero attached hydrogens (tertiary/aromatic N) is 1. The summed E-state index contributed by atoms with van der Waals surface area (Å²) in [5, 5.41) is 8.82. The van der Waals surface area contributed by atoms with Crippen LogP contribution >= 0.6 is 0 Å². The number of carbonyl (C=O) groups is 1. The van der Waals surface area contributed by atoms with E-state index in [2.05, 4.69) is 0 Å². The quantitative estimate of drug-likeness (QED) is 0.915. The zero-order valence-electron chi connectivity index (χ0n) is 10.7. The van der Waals surface area contributed by atoms with E-state index in [9.17, 15) is 9.18 Å². The van der Waals surface area contributed by atoms with Gasteiger partial charge in [0.1, 0.15) is 5.82 Å². The molecule has 0 aliphatic carbocycles. The molecule has 19 heavy (non-hydrogen) atoms. The molecular formula is C15H14FNO2. The summed E-state index contributed by atoms with van der Waals surface area (Å²) in [6.07, 6.45) is 0. The maximum atomic E-state index is 14.0. The number of carboxylic acids is 1. The van der Waals surface area contributed by atoms with Crippen LogP contribution in [0.2, 0.25) is 0 Å². The van der Waals surface area contributed by atoms with Crippen LogP contribution in [-0.4, -0.2) is 18.1 Å². The number of halogens is 1. The van der Waals surface area contributed by atoms with E-state index >= 15 is 0 Å². The summed E-state index contributed by atoms with van der Waals surface area (Å²) in [5.41, 5.74) is 2.19. The van der Waals surface area contributed by atoms with Crippen molar-refractivity contribution in [2.75, 3.05) is 11.9 Å². The minimum atomic E-state index is -1.14. The van der Waals surface area contributed by atoms with Gasteiger partial charge in [0, 0.05) is 12.7 Å². The molecule has 4 heteroatoms. The monoisotopic (exact) mass is 259 g/mol. The number of hydrogen-bond donors (Lipinski definition) is 1. The third kappa shape index (κ3) is 2.57. The fourth-order valence-electron chi connectivity index (χ4n) is 1.98. The molecule has 0 spiro atoms. The molecule has 2 aromatic carbocycles. The second kappa shape index (κ2) is 5.10. The number of rotatable bonds is 3. The molecule has 0 fully saturated rings. The summed E-state index contributed by atoms with van der Waals surface area (Å²) < 4.78 is 14.0. The predicted octanol–water partition coefficient (Wildman–Crippen LogP) is 3.60. The summed E-state index contributed by atoms with van der Waals surface area (Å²) in [6, 6.07) is 11.5. The fraction of sp³-hybridized carbons (Fsp3) is 0.133. The first-order valence-electron chi connectivity index (χ1n) is 5.83. The summed E-state index contributed by atoms with van der Waals surface area (Å²) >= 11 is 0. The molecule has 0 saturated heterocycles. The van der Waals surface area contributed by atoms with Crippen molar-refractivity contribution in [3.63, 3.8) is 0 Å². The highest BCUT2D eigenvalue weighted by molar-refractivity contribution is 5.88. The SMILES string of the molecule is Cc1ccccc1N(C)c1ccc(C(=O)O)cc1F. The maximum absolute atomic E-state index is 14.0. The average Bonchev–Trinajstić information content (AvgIpc) is 2.38. The van der Waals surface area contributed by atoms with Crippen molar-refractivity contribution in [3.05, 3.63) is 59.4 Å². The van der Waals surface area contributed by atoms with Gasteiger partial charge in [0.05, 0.1) is 11.3 Å². The second-order valence-corrected chi connectivity index (χ2v) is 4.32. The lowest BCUT2D eigenvalue weighted by molar-refractivity contribution is 0.0696. The van der Waals surface area contributed by atoms with Crippen molar-refractivity contribution in [2.24, 2.45) is 0 Å². The maximum Gasteiger partial charge on any atom is 0.335 e. The first kappa shape index (κ1) is 13.1. The van der Waals surface area contributed by atoms with Gasteiger partial charge >= 0.3 is 5.97 Å². The van der Waals surface area contributed by atoms with E-state index in [1.807, 2.05) is 31.2 Å². The Labute approximate surface area is 110 Å². The lowest BCUT2D eigenvalue weighted by Gasteiger charge is -2.22. The molecule has 2 aromatic rings. The molecule has 98 valence electrons. The summed E-state index contributed by atoms with van der Waals surface area (Å²) in [4.78, 5) is 12.5. The molecule has 3 nitrogen and oxygen atoms in total. The number of hydrogen-bond acceptors (Lipinski definition) is 2. The Hall–Kier alpha value is -2.36. The van der Waals surface area contributed by atoms with Gasteiger partial charge in [-0.2, -0.15) is 0 Å². The van der Waals surface area contributed by atoms with Gasteiger partial charge in [-0.15, -0.1) is 0 Å². The van der Waals surface area contributed by atoms with Gasteiger partial charge in [-0.25, -0.2) is 9.18 Å². The van der Waals surface area contributed by atoms with Gasteiger partial charge in [0.25, 0.3) is 0 Å². The van der Waals surface area contributed by atoms with Crippen LogP contribution < -0.4 is 4.90 Å². The molecule has 0 aliphatic rings. The lowest BCUT2D eigenvalue weighted by Crippen LogP contribution is -2.13. The molecule has 0 atom stereocenters. The van der Waals surface area contributed by atoms with Crippen LogP contribution in [-0.2, 0) is 0 Å². The molecule has 1 N–H and O–H groups in total. The first-order valence-corrected chi connectivity index (χ1v) is 5.83. The van der Waals surface area contributed by atoms with Crippen molar-refractivity contribution in [3.8, 4) is 0 Å². The van der Waals surface area contributed by atoms with Gasteiger partial charge in [0.15, 0.2) is 0 Å². The molecule has 0 radical (unpaired) electrons. The van der Waals surface area contributed by atoms with E-state index in [4.69, 9.17) is 5.11 Å². The van der Waals surface area contributed by atoms with E-state index < -0.39 is 11.8 Å². The van der Waals surface area contributed by atoms with E-state index in [1.165, 1.54) is 12.1 Å². The Kier molecular flexibility index (Phi) is 3.51. The largest absolute Gasteiger partial charge is 0.478 e. The van der Waals surface area contributed by atoms with E-state index in [0.29, 0.717) is 5.69 Å². The number of para-hydroxylation sites is 1. The van der Waals surface area contributed by atoms with Crippen LogP contribution in [0.4, 0.5) is 15.8 Å². The van der Waals surface area contributed by atoms with Gasteiger partial charge in [-0.05, 0) is 36.8 Å². The molecule has 0 bridgehead atoms. The van der Waals surface area contributed by atoms with E-state index in [-0.39, 0.29) is 5.56 Å². The molecule has 0 aromatic heterocycles. The summed E-state index contributed by atoms with van der Waals surface area (Å²) in [6.45, 7) is 1.94. The third-order valence-corrected chi connectivity index (χ3v) is 3.03. The van der Waals surface area contributed by atoms with Crippen molar-refractivity contribution in [1.29, 1.82) is 0 Å². The van der Waals surface area contributed by atoms with Gasteiger partial charge in [-0.3, -0.25) is 0 Å². The van der Waals surface area contributed by atoms with Crippen LogP contribution in [0.15, 0.2) is 42.5 Å². The molecular weight excluding hydrogens is 245 g/mol. The average molecular weight is 259 g/mol. The van der Waals surface area contributed by atoms with Crippen LogP contribution in [0.5, 0.6) is 0 Å². The molecule has 0 saturated carbocycles. The van der Waals surface area contributed by atoms with Crippen LogP contribution in [0.3, 0.4) is 0 Å². The minimum Gasteiger partial charge on any atom is -0.478 e. The smallest absolute Gasteiger partial charge is 0.335 e. The Morgan fingerprint density at radius 1 is 1.16 bits per heavy atom. The van der Waals surface area contributed by atoms with Gasteiger partial charge in [-0.1, -0.05) is 18.2 Å². The normalized spacial score (nSPS) is 10.3. The van der Waals surface area contributed by atoms with Crippen molar-refractivity contribution in [1.82, 2.24) is 0 Å². The molecule has 2 rings (SSSR count). The van der Waals surface area contributed by atoms with E-state index in [0.717, 1.165) is 17.3 Å². The number of anilines is 2. The Balaban J connectivity index is 2.42. The van der Waals surface area contributed by atoms with Crippen LogP contribution in [0.25, 0.3) is 0 Å². The molecule has 0 aliphatic heterocycles. The Morgan fingerprint density at radius 3 is 2.42 bits per heavy atom. The fourth-order valence-corrected chi connectivity index (χ4v) is 1.98. The highest BCUT2D eigenvalue weighted by Crippen LogP contribution is 2.29. The highest BCUT2D eigenvalue weighted by Gasteiger charge is 2.13. The predicted molar refractivity (Wildman–Crippen MR) is 72.6 cm³/mol. The first-order chi connectivity index (χ1) is 9.00. The number of aromatic carboxylic acids is 1. The summed E-state index contributed by atoms with van der Waals surface area (Å²) in [5.74, 6) is -1.69. The number of carboxylic acid groups (broad SMARTS) is 1. The van der Waals surface area contributed by atoms with Gasteiger partial charge < -0.3 is 10.0 Å². The zero-order chi connectivity index (χ0) is 14.0. The van der Waals surface area contributed by atoms with E-state index in [1.54, 1.807) is 11.9 Å². The topological polar surface area (TPSA) is 40.5 Å². The van der Waals surface area contributed by atoms with Crippen molar-refractivity contribution < 1.29 is 14.3 Å². The van der Waals surface area contributed by atoms with Gasteiger partial charge in [0.2, 0.25) is 0 Å².